The van der Waals surface area contributed by atoms with Gasteiger partial charge in [0.2, 0.25) is 10.0 Å². The highest BCUT2D eigenvalue weighted by molar-refractivity contribution is 7.89. The number of nitrogen functional groups attached to an aromatic ring is 1. The van der Waals surface area contributed by atoms with Gasteiger partial charge in [0, 0.05) is 19.3 Å². The minimum absolute atomic E-state index is 0.313. The molecule has 20 heavy (non-hydrogen) atoms. The molecule has 116 valence electrons. The summed E-state index contributed by atoms with van der Waals surface area (Å²) in [5, 5.41) is 12.5. The van der Waals surface area contributed by atoms with Crippen molar-refractivity contribution < 1.29 is 26.7 Å². The molecule has 0 aliphatic heterocycles. The van der Waals surface area contributed by atoms with E-state index in [-0.39, 0.29) is 5.82 Å². The van der Waals surface area contributed by atoms with E-state index >= 15 is 0 Å². The molecule has 0 aliphatic rings. The van der Waals surface area contributed by atoms with Crippen molar-refractivity contribution in [3.8, 4) is 0 Å². The average Bonchev–Trinajstić information content (AvgIpc) is 2.67. The lowest BCUT2D eigenvalue weighted by molar-refractivity contribution is -0.200. The van der Waals surface area contributed by atoms with Crippen LogP contribution in [-0.2, 0) is 16.6 Å². The second-order valence-electron chi connectivity index (χ2n) is 4.05. The number of alkyl halides is 3. The van der Waals surface area contributed by atoms with E-state index in [0.717, 1.165) is 6.20 Å². The molecule has 4 N–H and O–H groups in total. The lowest BCUT2D eigenvalue weighted by atomic mass is 10.4. The molecular weight excluding hydrogens is 301 g/mol. The van der Waals surface area contributed by atoms with Crippen LogP contribution >= 0.6 is 0 Å². The first-order valence-corrected chi connectivity index (χ1v) is 7.13. The molecule has 1 heterocycles. The van der Waals surface area contributed by atoms with E-state index in [0.29, 0.717) is 13.0 Å². The molecule has 0 fully saturated rings. The van der Waals surface area contributed by atoms with Crippen LogP contribution in [0, 0.1) is 0 Å². The predicted octanol–water partition coefficient (Wildman–Crippen LogP) is 0.0768. The third-order valence-electron chi connectivity index (χ3n) is 2.34. The first kappa shape index (κ1) is 16.7. The number of nitrogens with one attached hydrogen (secondary N) is 1. The molecule has 0 amide bonds. The van der Waals surface area contributed by atoms with Gasteiger partial charge in [-0.2, -0.15) is 18.3 Å². The van der Waals surface area contributed by atoms with Gasteiger partial charge in [-0.3, -0.25) is 4.68 Å². The molecule has 1 unspecified atom stereocenters. The van der Waals surface area contributed by atoms with Gasteiger partial charge in [-0.05, 0) is 6.42 Å². The van der Waals surface area contributed by atoms with Crippen molar-refractivity contribution >= 4 is 15.8 Å². The molecule has 1 rings (SSSR count). The second kappa shape index (κ2) is 5.97. The van der Waals surface area contributed by atoms with Crippen molar-refractivity contribution in [3.63, 3.8) is 0 Å². The van der Waals surface area contributed by atoms with Crippen LogP contribution < -0.4 is 10.5 Å². The number of hydrogen-bond donors (Lipinski definition) is 3. The molecule has 1 aromatic rings. The fourth-order valence-electron chi connectivity index (χ4n) is 1.35. The Balaban J connectivity index is 2.84. The van der Waals surface area contributed by atoms with Crippen molar-refractivity contribution in [2.24, 2.45) is 0 Å². The summed E-state index contributed by atoms with van der Waals surface area (Å²) < 4.78 is 62.7. The first-order chi connectivity index (χ1) is 9.08. The topological polar surface area (TPSA) is 110 Å². The van der Waals surface area contributed by atoms with Crippen molar-refractivity contribution in [1.82, 2.24) is 14.5 Å². The maximum Gasteiger partial charge on any atom is 0.415 e. The van der Waals surface area contributed by atoms with Crippen LogP contribution in [0.25, 0.3) is 0 Å². The monoisotopic (exact) mass is 316 g/mol. The highest BCUT2D eigenvalue weighted by atomic mass is 32.2. The first-order valence-electron chi connectivity index (χ1n) is 5.65. The van der Waals surface area contributed by atoms with Crippen molar-refractivity contribution in [1.29, 1.82) is 0 Å². The fourth-order valence-corrected chi connectivity index (χ4v) is 2.46. The van der Waals surface area contributed by atoms with Gasteiger partial charge in [-0.15, -0.1) is 0 Å². The summed E-state index contributed by atoms with van der Waals surface area (Å²) in [6.45, 7) is 1.07. The van der Waals surface area contributed by atoms with E-state index in [9.17, 15) is 21.6 Å². The summed E-state index contributed by atoms with van der Waals surface area (Å²) in [6, 6.07) is 0. The SMILES string of the molecule is CCCn1cc(S(=O)(=O)NCC(O)C(F)(F)F)c(N)n1. The quantitative estimate of drug-likeness (QED) is 0.688. The number of sulfonamides is 1. The standard InChI is InChI=1S/C9H15F3N4O3S/c1-2-3-16-5-6(8(13)15-16)20(18,19)14-4-7(17)9(10,11)12/h5,7,14,17H,2-4H2,1H3,(H2,13,15). The van der Waals surface area contributed by atoms with Crippen LogP contribution in [0.5, 0.6) is 0 Å². The molecule has 0 saturated heterocycles. The number of halogens is 3. The number of aryl methyl sites for hydroxylation is 1. The summed E-state index contributed by atoms with van der Waals surface area (Å²) in [5.74, 6) is -0.313. The fraction of sp³-hybridized carbons (Fsp3) is 0.667. The summed E-state index contributed by atoms with van der Waals surface area (Å²) in [7, 11) is -4.26. The van der Waals surface area contributed by atoms with E-state index in [1.54, 1.807) is 4.72 Å². The van der Waals surface area contributed by atoms with Crippen molar-refractivity contribution in [2.45, 2.75) is 37.1 Å². The van der Waals surface area contributed by atoms with Gasteiger partial charge in [-0.25, -0.2) is 13.1 Å². The van der Waals surface area contributed by atoms with Crippen molar-refractivity contribution in [3.05, 3.63) is 6.20 Å². The molecule has 7 nitrogen and oxygen atoms in total. The smallest absolute Gasteiger partial charge is 0.382 e. The number of aromatic nitrogens is 2. The van der Waals surface area contributed by atoms with Crippen molar-refractivity contribution in [2.75, 3.05) is 12.3 Å². The zero-order valence-corrected chi connectivity index (χ0v) is 11.4. The number of aliphatic hydroxyl groups excluding tert-OH is 1. The highest BCUT2D eigenvalue weighted by Crippen LogP contribution is 2.21. The molecule has 1 aromatic heterocycles. The lowest BCUT2D eigenvalue weighted by Gasteiger charge is -2.14. The molecule has 0 radical (unpaired) electrons. The van der Waals surface area contributed by atoms with Gasteiger partial charge >= 0.3 is 6.18 Å². The van der Waals surface area contributed by atoms with Gasteiger partial charge in [0.05, 0.1) is 0 Å². The molecule has 11 heteroatoms. The number of hydrogen-bond acceptors (Lipinski definition) is 5. The maximum atomic E-state index is 12.1. The Morgan fingerprint density at radius 3 is 2.65 bits per heavy atom. The normalized spacial score (nSPS) is 14.4. The van der Waals surface area contributed by atoms with Gasteiger partial charge in [-0.1, -0.05) is 6.92 Å². The summed E-state index contributed by atoms with van der Waals surface area (Å²) in [5.41, 5.74) is 5.41. The molecule has 0 spiro atoms. The minimum atomic E-state index is -4.90. The Morgan fingerprint density at radius 1 is 1.55 bits per heavy atom. The second-order valence-corrected chi connectivity index (χ2v) is 5.79. The zero-order valence-electron chi connectivity index (χ0n) is 10.6. The highest BCUT2D eigenvalue weighted by Gasteiger charge is 2.39. The summed E-state index contributed by atoms with van der Waals surface area (Å²) >= 11 is 0. The van der Waals surface area contributed by atoms with Gasteiger partial charge in [0.25, 0.3) is 0 Å². The molecule has 0 bridgehead atoms. The molecular formula is C9H15F3N4O3S. The molecule has 0 aromatic carbocycles. The van der Waals surface area contributed by atoms with Gasteiger partial charge in [0.15, 0.2) is 11.9 Å². The predicted molar refractivity (Wildman–Crippen MR) is 64.2 cm³/mol. The Hall–Kier alpha value is -1.33. The van der Waals surface area contributed by atoms with Crippen LogP contribution in [-0.4, -0.2) is 42.1 Å². The Kier molecular flexibility index (Phi) is 5.00. The van der Waals surface area contributed by atoms with Crippen LogP contribution in [0.1, 0.15) is 13.3 Å². The third kappa shape index (κ3) is 4.08. The third-order valence-corrected chi connectivity index (χ3v) is 3.78. The van der Waals surface area contributed by atoms with E-state index in [4.69, 9.17) is 10.8 Å². The number of nitrogens with two attached hydrogens (primary N) is 1. The molecule has 0 saturated carbocycles. The number of anilines is 1. The lowest BCUT2D eigenvalue weighted by Crippen LogP contribution is -2.40. The largest absolute Gasteiger partial charge is 0.415 e. The van der Waals surface area contributed by atoms with Crippen LogP contribution in [0.15, 0.2) is 11.1 Å². The van der Waals surface area contributed by atoms with Crippen LogP contribution in [0.3, 0.4) is 0 Å². The molecule has 0 aliphatic carbocycles. The number of aliphatic hydroxyl groups is 1. The zero-order chi connectivity index (χ0) is 15.6. The molecule has 1 atom stereocenters. The average molecular weight is 316 g/mol. The van der Waals surface area contributed by atoms with E-state index in [1.807, 2.05) is 6.92 Å². The van der Waals surface area contributed by atoms with Crippen LogP contribution in [0.4, 0.5) is 19.0 Å². The van der Waals surface area contributed by atoms with E-state index < -0.39 is 33.7 Å². The number of rotatable bonds is 6. The Morgan fingerprint density at radius 2 is 2.15 bits per heavy atom. The Bertz CT molecular complexity index is 555. The number of nitrogens with zero attached hydrogens (tertiary/aromatic N) is 2. The van der Waals surface area contributed by atoms with Gasteiger partial charge < -0.3 is 10.8 Å². The summed E-state index contributed by atoms with van der Waals surface area (Å²) in [4.78, 5) is -0.416. The maximum absolute atomic E-state index is 12.1. The minimum Gasteiger partial charge on any atom is -0.382 e. The van der Waals surface area contributed by atoms with E-state index in [1.165, 1.54) is 4.68 Å². The summed E-state index contributed by atoms with van der Waals surface area (Å²) in [6.07, 6.45) is -5.88. The Labute approximate surface area is 113 Å². The van der Waals surface area contributed by atoms with Crippen LogP contribution in [0.2, 0.25) is 0 Å². The van der Waals surface area contributed by atoms with Gasteiger partial charge in [0.1, 0.15) is 4.90 Å². The van der Waals surface area contributed by atoms with E-state index in [2.05, 4.69) is 5.10 Å².